The van der Waals surface area contributed by atoms with Crippen LogP contribution in [0, 0.1) is 11.3 Å². The number of nitrogens with zero attached hydrogens (tertiary/aromatic N) is 7. The number of likely N-dealkylation sites (tertiary alicyclic amines) is 1. The minimum Gasteiger partial charge on any atom is -0.480 e. The van der Waals surface area contributed by atoms with Crippen molar-refractivity contribution >= 4 is 40.8 Å². The van der Waals surface area contributed by atoms with Crippen molar-refractivity contribution in [3.05, 3.63) is 69.7 Å². The third-order valence-electron chi connectivity index (χ3n) is 6.71. The van der Waals surface area contributed by atoms with Gasteiger partial charge in [0.15, 0.2) is 11.5 Å². The van der Waals surface area contributed by atoms with E-state index in [9.17, 15) is 4.79 Å². The molecule has 1 aliphatic rings. The molecule has 1 fully saturated rings. The second-order valence-electron chi connectivity index (χ2n) is 9.45. The number of aryl methyl sites for hydroxylation is 1. The number of pyridine rings is 1. The van der Waals surface area contributed by atoms with Crippen LogP contribution in [0.15, 0.2) is 42.6 Å². The summed E-state index contributed by atoms with van der Waals surface area (Å²) in [5, 5.41) is 27.3. The summed E-state index contributed by atoms with van der Waals surface area (Å²) < 4.78 is 1.71. The van der Waals surface area contributed by atoms with Crippen molar-refractivity contribution < 1.29 is 9.90 Å². The highest BCUT2D eigenvalue weighted by Crippen LogP contribution is 2.32. The molecule has 39 heavy (non-hydrogen) atoms. The number of fused-ring (bicyclic) bond motifs is 1. The first-order valence-electron chi connectivity index (χ1n) is 12.7. The molecule has 12 heteroatoms. The van der Waals surface area contributed by atoms with Crippen molar-refractivity contribution in [2.45, 2.75) is 31.6 Å². The number of aromatic nitrogens is 5. The SMILES string of the molecule is N#Cc1ccc(CCCNc2nc(-c3ccc(Cl)cc3Cl)cc3nc(C4CCN(CC(=O)O)CC4)nn23)nc1. The Morgan fingerprint density at radius 2 is 1.97 bits per heavy atom. The molecule has 200 valence electrons. The first-order valence-corrected chi connectivity index (χ1v) is 13.4. The number of carboxylic acids is 1. The molecule has 0 unspecified atom stereocenters. The summed E-state index contributed by atoms with van der Waals surface area (Å²) in [6.45, 7) is 2.03. The molecule has 0 atom stereocenters. The van der Waals surface area contributed by atoms with Gasteiger partial charge in [0.2, 0.25) is 5.95 Å². The molecule has 2 N–H and O–H groups in total. The van der Waals surface area contributed by atoms with Gasteiger partial charge in [0.1, 0.15) is 6.07 Å². The first kappa shape index (κ1) is 26.8. The molecule has 0 spiro atoms. The Bertz CT molecular complexity index is 1530. The van der Waals surface area contributed by atoms with E-state index >= 15 is 0 Å². The molecule has 10 nitrogen and oxygen atoms in total. The van der Waals surface area contributed by atoms with Crippen molar-refractivity contribution in [1.82, 2.24) is 29.5 Å². The molecule has 0 amide bonds. The molecule has 4 aromatic rings. The van der Waals surface area contributed by atoms with Gasteiger partial charge in [-0.2, -0.15) is 9.78 Å². The number of rotatable bonds is 9. The molecular weight excluding hydrogens is 539 g/mol. The van der Waals surface area contributed by atoms with Crippen LogP contribution < -0.4 is 5.32 Å². The third-order valence-corrected chi connectivity index (χ3v) is 7.25. The number of carbonyl (C=O) groups is 1. The summed E-state index contributed by atoms with van der Waals surface area (Å²) in [7, 11) is 0. The minimum absolute atomic E-state index is 0.0481. The number of anilines is 1. The molecule has 5 rings (SSSR count). The maximum absolute atomic E-state index is 11.1. The predicted molar refractivity (Wildman–Crippen MR) is 148 cm³/mol. The van der Waals surface area contributed by atoms with Crippen molar-refractivity contribution in [2.75, 3.05) is 31.5 Å². The average Bonchev–Trinajstić information content (AvgIpc) is 3.36. The van der Waals surface area contributed by atoms with E-state index in [2.05, 4.69) is 16.4 Å². The molecule has 4 heterocycles. The monoisotopic (exact) mass is 564 g/mol. The number of aliphatic carboxylic acids is 1. The summed E-state index contributed by atoms with van der Waals surface area (Å²) in [5.74, 6) is 0.580. The molecule has 1 aliphatic heterocycles. The van der Waals surface area contributed by atoms with Crippen molar-refractivity contribution in [2.24, 2.45) is 0 Å². The Balaban J connectivity index is 1.38. The van der Waals surface area contributed by atoms with Gasteiger partial charge in [0.05, 0.1) is 22.8 Å². The van der Waals surface area contributed by atoms with Crippen LogP contribution in [0.3, 0.4) is 0 Å². The third kappa shape index (κ3) is 6.45. The van der Waals surface area contributed by atoms with E-state index in [0.717, 1.165) is 42.8 Å². The zero-order valence-corrected chi connectivity index (χ0v) is 22.5. The van der Waals surface area contributed by atoms with Crippen LogP contribution in [0.2, 0.25) is 10.0 Å². The van der Waals surface area contributed by atoms with Gasteiger partial charge >= 0.3 is 5.97 Å². The number of carboxylic acid groups (broad SMARTS) is 1. The highest BCUT2D eigenvalue weighted by atomic mass is 35.5. The van der Waals surface area contributed by atoms with Gasteiger partial charge in [-0.3, -0.25) is 14.7 Å². The summed E-state index contributed by atoms with van der Waals surface area (Å²) in [4.78, 5) is 27.0. The first-order chi connectivity index (χ1) is 18.9. The van der Waals surface area contributed by atoms with E-state index in [1.807, 2.05) is 23.1 Å². The van der Waals surface area contributed by atoms with Gasteiger partial charge in [-0.15, -0.1) is 5.10 Å². The Kier molecular flexibility index (Phi) is 8.21. The van der Waals surface area contributed by atoms with Gasteiger partial charge in [-0.1, -0.05) is 23.2 Å². The summed E-state index contributed by atoms with van der Waals surface area (Å²) >= 11 is 12.6. The highest BCUT2D eigenvalue weighted by Gasteiger charge is 2.26. The maximum Gasteiger partial charge on any atom is 0.317 e. The van der Waals surface area contributed by atoms with E-state index < -0.39 is 5.97 Å². The zero-order chi connectivity index (χ0) is 27.4. The zero-order valence-electron chi connectivity index (χ0n) is 21.0. The molecule has 3 aromatic heterocycles. The minimum atomic E-state index is -0.815. The highest BCUT2D eigenvalue weighted by molar-refractivity contribution is 6.36. The molecule has 0 saturated carbocycles. The maximum atomic E-state index is 11.1. The summed E-state index contributed by atoms with van der Waals surface area (Å²) in [5.41, 5.74) is 3.48. The number of halogens is 2. The van der Waals surface area contributed by atoms with Crippen molar-refractivity contribution in [1.29, 1.82) is 5.26 Å². The van der Waals surface area contributed by atoms with Gasteiger partial charge < -0.3 is 10.4 Å². The van der Waals surface area contributed by atoms with Crippen LogP contribution in [0.5, 0.6) is 0 Å². The Hall–Kier alpha value is -3.78. The molecule has 0 aliphatic carbocycles. The molecule has 1 saturated heterocycles. The quantitative estimate of drug-likeness (QED) is 0.278. The van der Waals surface area contributed by atoms with E-state index in [-0.39, 0.29) is 12.5 Å². The Morgan fingerprint density at radius 1 is 1.15 bits per heavy atom. The topological polar surface area (TPSA) is 132 Å². The number of nitriles is 1. The Labute approximate surface area is 235 Å². The fraction of sp³-hybridized carbons (Fsp3) is 0.333. The van der Waals surface area contributed by atoms with E-state index in [0.29, 0.717) is 52.5 Å². The number of piperidine rings is 1. The molecular formula is C27H26Cl2N8O2. The number of hydrogen-bond acceptors (Lipinski definition) is 8. The van der Waals surface area contributed by atoms with Crippen LogP contribution in [0.1, 0.15) is 42.3 Å². The van der Waals surface area contributed by atoms with E-state index in [1.54, 1.807) is 28.9 Å². The van der Waals surface area contributed by atoms with Crippen molar-refractivity contribution in [3.63, 3.8) is 0 Å². The van der Waals surface area contributed by atoms with Gasteiger partial charge in [0.25, 0.3) is 0 Å². The lowest BCUT2D eigenvalue weighted by Crippen LogP contribution is -2.36. The standard InChI is InChI=1S/C27H26Cl2N8O2/c28-19-4-6-21(22(29)12-19)23-13-24-34-26(18-7-10-36(11-8-18)16-25(38)39)35-37(24)27(33-23)31-9-1-2-20-5-3-17(14-30)15-32-20/h3-6,12-13,15,18H,1-2,7-11,16H2,(H,31,33)(H,38,39). The van der Waals surface area contributed by atoms with Crippen LogP contribution >= 0.6 is 23.2 Å². The van der Waals surface area contributed by atoms with Gasteiger partial charge in [-0.25, -0.2) is 9.97 Å². The number of nitrogens with one attached hydrogen (secondary N) is 1. The summed E-state index contributed by atoms with van der Waals surface area (Å²) in [6.07, 6.45) is 4.68. The van der Waals surface area contributed by atoms with Gasteiger partial charge in [0, 0.05) is 41.0 Å². The molecule has 1 aromatic carbocycles. The fourth-order valence-corrected chi connectivity index (χ4v) is 5.18. The summed E-state index contributed by atoms with van der Waals surface area (Å²) in [6, 6.07) is 12.9. The second kappa shape index (κ2) is 11.9. The largest absolute Gasteiger partial charge is 0.480 e. The van der Waals surface area contributed by atoms with E-state index in [1.165, 1.54) is 0 Å². The van der Waals surface area contributed by atoms with Crippen LogP contribution in [0.4, 0.5) is 5.95 Å². The van der Waals surface area contributed by atoms with Crippen molar-refractivity contribution in [3.8, 4) is 17.3 Å². The lowest BCUT2D eigenvalue weighted by Gasteiger charge is -2.29. The Morgan fingerprint density at radius 3 is 2.67 bits per heavy atom. The van der Waals surface area contributed by atoms with Crippen LogP contribution in [-0.4, -0.2) is 66.7 Å². The normalized spacial score (nSPS) is 14.4. The van der Waals surface area contributed by atoms with Gasteiger partial charge in [-0.05, 0) is 69.1 Å². The lowest BCUT2D eigenvalue weighted by molar-refractivity contribution is -0.138. The average molecular weight is 565 g/mol. The fourth-order valence-electron chi connectivity index (χ4n) is 4.68. The van der Waals surface area contributed by atoms with Crippen LogP contribution in [-0.2, 0) is 11.2 Å². The molecule has 0 bridgehead atoms. The number of hydrogen-bond donors (Lipinski definition) is 2. The van der Waals surface area contributed by atoms with Crippen LogP contribution in [0.25, 0.3) is 16.9 Å². The number of benzene rings is 1. The smallest absolute Gasteiger partial charge is 0.317 e. The lowest BCUT2D eigenvalue weighted by atomic mass is 9.96. The second-order valence-corrected chi connectivity index (χ2v) is 10.3. The predicted octanol–water partition coefficient (Wildman–Crippen LogP) is 4.67. The van der Waals surface area contributed by atoms with E-state index in [4.69, 9.17) is 48.6 Å². The molecule has 0 radical (unpaired) electrons.